The maximum atomic E-state index is 9.48. The molecule has 0 saturated carbocycles. The van der Waals surface area contributed by atoms with Crippen molar-refractivity contribution in [3.05, 3.63) is 29.3 Å². The lowest BCUT2D eigenvalue weighted by Gasteiger charge is -2.26. The van der Waals surface area contributed by atoms with E-state index in [2.05, 4.69) is 5.32 Å². The van der Waals surface area contributed by atoms with Crippen LogP contribution in [0.2, 0.25) is 0 Å². The topological polar surface area (TPSA) is 41.5 Å². The number of nitrogens with one attached hydrogen (secondary N) is 1. The second kappa shape index (κ2) is 6.03. The second-order valence-electron chi connectivity index (χ2n) is 4.48. The molecule has 1 atom stereocenters. The number of ether oxygens (including phenoxy) is 1. The predicted octanol–water partition coefficient (Wildman–Crippen LogP) is 2.40. The molecule has 0 fully saturated rings. The molecule has 3 heteroatoms. The van der Waals surface area contributed by atoms with Gasteiger partial charge in [-0.2, -0.15) is 0 Å². The summed E-state index contributed by atoms with van der Waals surface area (Å²) in [6.07, 6.45) is 3.43. The maximum Gasteiger partial charge on any atom is 0.115 e. The summed E-state index contributed by atoms with van der Waals surface area (Å²) in [5.41, 5.74) is 2.62. The Morgan fingerprint density at radius 2 is 2.35 bits per heavy atom. The fourth-order valence-corrected chi connectivity index (χ4v) is 2.46. The SMILES string of the molecule is CCOCCNC1CCCc2cc(O)ccc21. The smallest absolute Gasteiger partial charge is 0.115 e. The quantitative estimate of drug-likeness (QED) is 0.770. The highest BCUT2D eigenvalue weighted by molar-refractivity contribution is 5.38. The first-order chi connectivity index (χ1) is 8.31. The van der Waals surface area contributed by atoms with Gasteiger partial charge in [-0.1, -0.05) is 6.07 Å². The average molecular weight is 235 g/mol. The number of hydrogen-bond acceptors (Lipinski definition) is 3. The Bertz CT molecular complexity index is 365. The van der Waals surface area contributed by atoms with Crippen molar-refractivity contribution in [2.24, 2.45) is 0 Å². The molecule has 1 aromatic rings. The van der Waals surface area contributed by atoms with Crippen LogP contribution in [0, 0.1) is 0 Å². The van der Waals surface area contributed by atoms with Gasteiger partial charge in [0.2, 0.25) is 0 Å². The molecule has 0 aliphatic heterocycles. The molecule has 0 heterocycles. The molecule has 1 unspecified atom stereocenters. The van der Waals surface area contributed by atoms with Gasteiger partial charge < -0.3 is 15.2 Å². The van der Waals surface area contributed by atoms with Crippen molar-refractivity contribution in [2.45, 2.75) is 32.2 Å². The molecule has 0 bridgehead atoms. The van der Waals surface area contributed by atoms with E-state index < -0.39 is 0 Å². The molecule has 0 aromatic heterocycles. The summed E-state index contributed by atoms with van der Waals surface area (Å²) in [6.45, 7) is 4.44. The summed E-state index contributed by atoms with van der Waals surface area (Å²) in [7, 11) is 0. The first kappa shape index (κ1) is 12.4. The third-order valence-electron chi connectivity index (χ3n) is 3.28. The molecule has 2 rings (SSSR count). The van der Waals surface area contributed by atoms with Crippen LogP contribution in [0.3, 0.4) is 0 Å². The van der Waals surface area contributed by atoms with E-state index in [0.717, 1.165) is 26.2 Å². The van der Waals surface area contributed by atoms with Crippen LogP contribution in [0.25, 0.3) is 0 Å². The van der Waals surface area contributed by atoms with Crippen molar-refractivity contribution in [1.82, 2.24) is 5.32 Å². The first-order valence-electron chi connectivity index (χ1n) is 6.44. The Kier molecular flexibility index (Phi) is 4.40. The Morgan fingerprint density at radius 1 is 1.47 bits per heavy atom. The number of phenols is 1. The van der Waals surface area contributed by atoms with E-state index in [1.807, 2.05) is 19.1 Å². The van der Waals surface area contributed by atoms with E-state index in [9.17, 15) is 5.11 Å². The van der Waals surface area contributed by atoms with Crippen molar-refractivity contribution in [2.75, 3.05) is 19.8 Å². The van der Waals surface area contributed by atoms with E-state index in [-0.39, 0.29) is 0 Å². The number of rotatable bonds is 5. The molecule has 2 N–H and O–H groups in total. The summed E-state index contributed by atoms with van der Waals surface area (Å²) in [6, 6.07) is 6.13. The van der Waals surface area contributed by atoms with Gasteiger partial charge in [0, 0.05) is 19.2 Å². The number of aryl methyl sites for hydroxylation is 1. The molecule has 1 aliphatic carbocycles. The summed E-state index contributed by atoms with van der Waals surface area (Å²) < 4.78 is 5.33. The summed E-state index contributed by atoms with van der Waals surface area (Å²) >= 11 is 0. The Morgan fingerprint density at radius 3 is 3.18 bits per heavy atom. The first-order valence-corrected chi connectivity index (χ1v) is 6.44. The van der Waals surface area contributed by atoms with Gasteiger partial charge in [-0.15, -0.1) is 0 Å². The van der Waals surface area contributed by atoms with Gasteiger partial charge in [0.15, 0.2) is 0 Å². The van der Waals surface area contributed by atoms with Crippen LogP contribution >= 0.6 is 0 Å². The van der Waals surface area contributed by atoms with Crippen LogP contribution in [0.15, 0.2) is 18.2 Å². The fraction of sp³-hybridized carbons (Fsp3) is 0.571. The average Bonchev–Trinajstić information content (AvgIpc) is 2.34. The maximum absolute atomic E-state index is 9.48. The van der Waals surface area contributed by atoms with Crippen LogP contribution in [-0.2, 0) is 11.2 Å². The number of hydrogen-bond donors (Lipinski definition) is 2. The van der Waals surface area contributed by atoms with Crippen LogP contribution in [0.4, 0.5) is 0 Å². The van der Waals surface area contributed by atoms with E-state index in [4.69, 9.17) is 4.74 Å². The minimum Gasteiger partial charge on any atom is -0.508 e. The highest BCUT2D eigenvalue weighted by Crippen LogP contribution is 2.31. The predicted molar refractivity (Wildman–Crippen MR) is 68.3 cm³/mol. The van der Waals surface area contributed by atoms with Crippen molar-refractivity contribution >= 4 is 0 Å². The van der Waals surface area contributed by atoms with Gasteiger partial charge in [0.25, 0.3) is 0 Å². The lowest BCUT2D eigenvalue weighted by Crippen LogP contribution is -2.28. The van der Waals surface area contributed by atoms with E-state index in [0.29, 0.717) is 11.8 Å². The minimum atomic E-state index is 0.374. The highest BCUT2D eigenvalue weighted by atomic mass is 16.5. The van der Waals surface area contributed by atoms with Gasteiger partial charge in [0.1, 0.15) is 5.75 Å². The van der Waals surface area contributed by atoms with E-state index in [1.54, 1.807) is 6.07 Å². The highest BCUT2D eigenvalue weighted by Gasteiger charge is 2.19. The van der Waals surface area contributed by atoms with Crippen molar-refractivity contribution in [3.63, 3.8) is 0 Å². The number of phenolic OH excluding ortho intramolecular Hbond substituents is 1. The van der Waals surface area contributed by atoms with Crippen molar-refractivity contribution in [3.8, 4) is 5.75 Å². The van der Waals surface area contributed by atoms with Gasteiger partial charge in [-0.3, -0.25) is 0 Å². The third kappa shape index (κ3) is 3.20. The van der Waals surface area contributed by atoms with Gasteiger partial charge in [0.05, 0.1) is 6.61 Å². The molecule has 1 aromatic carbocycles. The monoisotopic (exact) mass is 235 g/mol. The zero-order chi connectivity index (χ0) is 12.1. The van der Waals surface area contributed by atoms with Crippen LogP contribution < -0.4 is 5.32 Å². The molecular formula is C14H21NO2. The molecule has 0 saturated heterocycles. The summed E-state index contributed by atoms with van der Waals surface area (Å²) in [5, 5.41) is 13.0. The third-order valence-corrected chi connectivity index (χ3v) is 3.28. The Balaban J connectivity index is 1.97. The number of aromatic hydroxyl groups is 1. The zero-order valence-corrected chi connectivity index (χ0v) is 10.4. The molecule has 94 valence electrons. The molecule has 0 amide bonds. The number of benzene rings is 1. The van der Waals surface area contributed by atoms with E-state index in [1.165, 1.54) is 24.0 Å². The fourth-order valence-electron chi connectivity index (χ4n) is 2.46. The standard InChI is InChI=1S/C14H21NO2/c1-2-17-9-8-15-14-5-3-4-11-10-12(16)6-7-13(11)14/h6-7,10,14-16H,2-5,8-9H2,1H3. The van der Waals surface area contributed by atoms with Gasteiger partial charge >= 0.3 is 0 Å². The molecule has 17 heavy (non-hydrogen) atoms. The summed E-state index contributed by atoms with van der Waals surface area (Å²) in [5.74, 6) is 0.374. The normalized spacial score (nSPS) is 19.0. The molecule has 1 aliphatic rings. The van der Waals surface area contributed by atoms with Crippen LogP contribution in [0.1, 0.15) is 36.9 Å². The Hall–Kier alpha value is -1.06. The molecule has 0 radical (unpaired) electrons. The largest absolute Gasteiger partial charge is 0.508 e. The molecular weight excluding hydrogens is 214 g/mol. The van der Waals surface area contributed by atoms with E-state index >= 15 is 0 Å². The zero-order valence-electron chi connectivity index (χ0n) is 10.4. The summed E-state index contributed by atoms with van der Waals surface area (Å²) in [4.78, 5) is 0. The lowest BCUT2D eigenvalue weighted by atomic mass is 9.87. The minimum absolute atomic E-state index is 0.374. The Labute approximate surface area is 103 Å². The number of fused-ring (bicyclic) bond motifs is 1. The van der Waals surface area contributed by atoms with Crippen molar-refractivity contribution in [1.29, 1.82) is 0 Å². The van der Waals surface area contributed by atoms with Crippen molar-refractivity contribution < 1.29 is 9.84 Å². The van der Waals surface area contributed by atoms with Crippen LogP contribution in [0.5, 0.6) is 5.75 Å². The van der Waals surface area contributed by atoms with Gasteiger partial charge in [-0.05, 0) is 49.4 Å². The van der Waals surface area contributed by atoms with Crippen LogP contribution in [-0.4, -0.2) is 24.9 Å². The second-order valence-corrected chi connectivity index (χ2v) is 4.48. The molecule has 3 nitrogen and oxygen atoms in total. The molecule has 0 spiro atoms. The lowest BCUT2D eigenvalue weighted by molar-refractivity contribution is 0.146. The van der Waals surface area contributed by atoms with Gasteiger partial charge in [-0.25, -0.2) is 0 Å².